The van der Waals surface area contributed by atoms with Gasteiger partial charge in [-0.15, -0.1) is 0 Å². The molecule has 1 atom stereocenters. The molecule has 1 fully saturated rings. The Labute approximate surface area is 126 Å². The van der Waals surface area contributed by atoms with Gasteiger partial charge in [-0.1, -0.05) is 30.3 Å². The van der Waals surface area contributed by atoms with Crippen molar-refractivity contribution < 1.29 is 13.9 Å². The summed E-state index contributed by atoms with van der Waals surface area (Å²) in [5, 5.41) is 0.890. The van der Waals surface area contributed by atoms with Gasteiger partial charge in [0.25, 0.3) is 0 Å². The molecule has 2 aromatic carbocycles. The number of rotatable bonds is 4. The van der Waals surface area contributed by atoms with Crippen LogP contribution in [0.1, 0.15) is 0 Å². The predicted octanol–water partition coefficient (Wildman–Crippen LogP) is 3.24. The van der Waals surface area contributed by atoms with Crippen molar-refractivity contribution >= 4 is 11.0 Å². The molecule has 110 valence electrons. The highest BCUT2D eigenvalue weighted by Gasteiger charge is 2.23. The van der Waals surface area contributed by atoms with Gasteiger partial charge >= 0.3 is 5.63 Å². The molecule has 4 nitrogen and oxygen atoms in total. The van der Waals surface area contributed by atoms with Crippen LogP contribution in [0.2, 0.25) is 0 Å². The lowest BCUT2D eigenvalue weighted by Gasteiger charge is -2.08. The van der Waals surface area contributed by atoms with Gasteiger partial charge in [-0.3, -0.25) is 0 Å². The maximum Gasteiger partial charge on any atom is 0.336 e. The number of epoxide rings is 1. The second kappa shape index (κ2) is 5.31. The second-order valence-corrected chi connectivity index (χ2v) is 5.27. The van der Waals surface area contributed by atoms with Crippen LogP contribution in [-0.2, 0) is 4.74 Å². The Morgan fingerprint density at radius 1 is 1.09 bits per heavy atom. The first-order valence-corrected chi connectivity index (χ1v) is 7.17. The highest BCUT2D eigenvalue weighted by molar-refractivity contribution is 5.93. The summed E-state index contributed by atoms with van der Waals surface area (Å²) in [4.78, 5) is 11.8. The first-order chi connectivity index (χ1) is 10.8. The van der Waals surface area contributed by atoms with Crippen LogP contribution in [0.15, 0.2) is 63.8 Å². The minimum Gasteiger partial charge on any atom is -0.491 e. The Kier molecular flexibility index (Phi) is 3.16. The number of hydrogen-bond acceptors (Lipinski definition) is 4. The largest absolute Gasteiger partial charge is 0.491 e. The van der Waals surface area contributed by atoms with Gasteiger partial charge < -0.3 is 13.9 Å². The van der Waals surface area contributed by atoms with E-state index >= 15 is 0 Å². The summed E-state index contributed by atoms with van der Waals surface area (Å²) in [5.41, 5.74) is 2.01. The lowest BCUT2D eigenvalue weighted by atomic mass is 10.0. The molecular formula is C18H14O4. The zero-order valence-corrected chi connectivity index (χ0v) is 11.8. The molecule has 1 aliphatic rings. The maximum atomic E-state index is 11.8. The summed E-state index contributed by atoms with van der Waals surface area (Å²) in [6.45, 7) is 1.27. The highest BCUT2D eigenvalue weighted by Crippen LogP contribution is 2.29. The van der Waals surface area contributed by atoms with Crippen LogP contribution < -0.4 is 10.4 Å². The van der Waals surface area contributed by atoms with E-state index in [4.69, 9.17) is 13.9 Å². The van der Waals surface area contributed by atoms with Crippen LogP contribution in [0, 0.1) is 0 Å². The number of fused-ring (bicyclic) bond motifs is 1. The van der Waals surface area contributed by atoms with Crippen molar-refractivity contribution in [1.82, 2.24) is 0 Å². The number of hydrogen-bond donors (Lipinski definition) is 0. The SMILES string of the molecule is O=c1cc(-c2ccccc2)c2ccc(OCC3CO3)cc2o1. The van der Waals surface area contributed by atoms with Crippen LogP contribution in [0.5, 0.6) is 5.75 Å². The van der Waals surface area contributed by atoms with Crippen LogP contribution in [-0.4, -0.2) is 19.3 Å². The summed E-state index contributed by atoms with van der Waals surface area (Å²) >= 11 is 0. The van der Waals surface area contributed by atoms with Gasteiger partial charge in [0, 0.05) is 17.5 Å². The summed E-state index contributed by atoms with van der Waals surface area (Å²) in [6, 6.07) is 16.9. The molecule has 0 amide bonds. The van der Waals surface area contributed by atoms with E-state index in [1.807, 2.05) is 42.5 Å². The zero-order chi connectivity index (χ0) is 14.9. The quantitative estimate of drug-likeness (QED) is 0.547. The van der Waals surface area contributed by atoms with Crippen molar-refractivity contribution in [3.8, 4) is 16.9 Å². The molecule has 0 spiro atoms. The molecule has 1 aliphatic heterocycles. The van der Waals surface area contributed by atoms with Crippen molar-refractivity contribution in [2.75, 3.05) is 13.2 Å². The summed E-state index contributed by atoms with van der Waals surface area (Å²) in [5.74, 6) is 0.677. The third kappa shape index (κ3) is 2.61. The Bertz CT molecular complexity index is 863. The van der Waals surface area contributed by atoms with Gasteiger partial charge in [-0.25, -0.2) is 4.79 Å². The van der Waals surface area contributed by atoms with Crippen molar-refractivity contribution in [2.45, 2.75) is 6.10 Å². The Morgan fingerprint density at radius 3 is 2.68 bits per heavy atom. The van der Waals surface area contributed by atoms with Crippen molar-refractivity contribution in [3.05, 3.63) is 65.0 Å². The molecule has 22 heavy (non-hydrogen) atoms. The van der Waals surface area contributed by atoms with Gasteiger partial charge in [0.05, 0.1) is 6.61 Å². The Morgan fingerprint density at radius 2 is 1.91 bits per heavy atom. The molecule has 2 heterocycles. The average molecular weight is 294 g/mol. The molecule has 4 heteroatoms. The van der Waals surface area contributed by atoms with Gasteiger partial charge in [-0.05, 0) is 23.3 Å². The molecule has 0 aliphatic carbocycles. The lowest BCUT2D eigenvalue weighted by Crippen LogP contribution is -2.04. The molecule has 1 unspecified atom stereocenters. The molecule has 1 aromatic heterocycles. The predicted molar refractivity (Wildman–Crippen MR) is 83.2 cm³/mol. The smallest absolute Gasteiger partial charge is 0.336 e. The Balaban J connectivity index is 1.79. The summed E-state index contributed by atoms with van der Waals surface area (Å²) in [7, 11) is 0. The van der Waals surface area contributed by atoms with Gasteiger partial charge in [0.15, 0.2) is 0 Å². The van der Waals surface area contributed by atoms with Gasteiger partial charge in [0.1, 0.15) is 24.0 Å². The molecule has 1 saturated heterocycles. The number of ether oxygens (including phenoxy) is 2. The fraction of sp³-hybridized carbons (Fsp3) is 0.167. The van der Waals surface area contributed by atoms with E-state index in [1.165, 1.54) is 6.07 Å². The second-order valence-electron chi connectivity index (χ2n) is 5.27. The molecular weight excluding hydrogens is 280 g/mol. The van der Waals surface area contributed by atoms with Crippen LogP contribution >= 0.6 is 0 Å². The van der Waals surface area contributed by atoms with Crippen LogP contribution in [0.4, 0.5) is 0 Å². The van der Waals surface area contributed by atoms with E-state index < -0.39 is 0 Å². The van der Waals surface area contributed by atoms with Crippen LogP contribution in [0.25, 0.3) is 22.1 Å². The maximum absolute atomic E-state index is 11.8. The first-order valence-electron chi connectivity index (χ1n) is 7.17. The van der Waals surface area contributed by atoms with E-state index in [2.05, 4.69) is 0 Å². The standard InChI is InChI=1S/C18H14O4/c19-18-9-16(12-4-2-1-3-5-12)15-7-6-13(8-17(15)22-18)20-10-14-11-21-14/h1-9,14H,10-11H2. The summed E-state index contributed by atoms with van der Waals surface area (Å²) < 4.78 is 16.1. The van der Waals surface area contributed by atoms with E-state index in [1.54, 1.807) is 6.07 Å². The van der Waals surface area contributed by atoms with Gasteiger partial charge in [-0.2, -0.15) is 0 Å². The molecule has 4 rings (SSSR count). The Hall–Kier alpha value is -2.59. The van der Waals surface area contributed by atoms with E-state index in [-0.39, 0.29) is 11.7 Å². The van der Waals surface area contributed by atoms with E-state index in [0.717, 1.165) is 23.1 Å². The first kappa shape index (κ1) is 13.1. The third-order valence-electron chi connectivity index (χ3n) is 3.64. The molecule has 0 saturated carbocycles. The molecule has 0 radical (unpaired) electrons. The average Bonchev–Trinajstić information content (AvgIpc) is 3.37. The van der Waals surface area contributed by atoms with Gasteiger partial charge in [0.2, 0.25) is 0 Å². The van der Waals surface area contributed by atoms with E-state index in [9.17, 15) is 4.79 Å². The van der Waals surface area contributed by atoms with Crippen molar-refractivity contribution in [3.63, 3.8) is 0 Å². The monoisotopic (exact) mass is 294 g/mol. The molecule has 0 bridgehead atoms. The van der Waals surface area contributed by atoms with E-state index in [0.29, 0.717) is 17.9 Å². The van der Waals surface area contributed by atoms with Crippen molar-refractivity contribution in [1.29, 1.82) is 0 Å². The lowest BCUT2D eigenvalue weighted by molar-refractivity contribution is 0.263. The topological polar surface area (TPSA) is 52.0 Å². The fourth-order valence-corrected chi connectivity index (χ4v) is 2.44. The van der Waals surface area contributed by atoms with Crippen molar-refractivity contribution in [2.24, 2.45) is 0 Å². The zero-order valence-electron chi connectivity index (χ0n) is 11.8. The molecule has 3 aromatic rings. The number of benzene rings is 2. The fourth-order valence-electron chi connectivity index (χ4n) is 2.44. The minimum atomic E-state index is -0.367. The highest BCUT2D eigenvalue weighted by atomic mass is 16.6. The normalized spacial score (nSPS) is 16.6. The molecule has 0 N–H and O–H groups in total. The minimum absolute atomic E-state index is 0.193. The third-order valence-corrected chi connectivity index (χ3v) is 3.64. The van der Waals surface area contributed by atoms with Crippen LogP contribution in [0.3, 0.4) is 0 Å². The summed E-state index contributed by atoms with van der Waals surface area (Å²) in [6.07, 6.45) is 0.193.